The topological polar surface area (TPSA) is 116 Å². The number of carbonyl (C=O) groups is 1. The smallest absolute Gasteiger partial charge is 0.270 e. The van der Waals surface area contributed by atoms with Crippen LogP contribution in [0, 0.1) is 15.9 Å². The molecule has 0 radical (unpaired) electrons. The van der Waals surface area contributed by atoms with Gasteiger partial charge in [0.1, 0.15) is 13.0 Å². The molecule has 0 spiro atoms. The minimum atomic E-state index is -0.766. The second-order valence-electron chi connectivity index (χ2n) is 7.57. The quantitative estimate of drug-likeness (QED) is 0.370. The van der Waals surface area contributed by atoms with Crippen molar-refractivity contribution in [1.82, 2.24) is 19.7 Å². The van der Waals surface area contributed by atoms with Crippen molar-refractivity contribution in [3.63, 3.8) is 0 Å². The highest BCUT2D eigenvalue weighted by molar-refractivity contribution is 7.99. The maximum absolute atomic E-state index is 14.7. The summed E-state index contributed by atoms with van der Waals surface area (Å²) in [5.41, 5.74) is 0.423. The van der Waals surface area contributed by atoms with E-state index in [1.54, 1.807) is 6.20 Å². The van der Waals surface area contributed by atoms with Gasteiger partial charge in [0.15, 0.2) is 16.8 Å². The molecule has 1 fully saturated rings. The minimum absolute atomic E-state index is 0.0202. The number of non-ortho nitro benzene ring substituents is 1. The Labute approximate surface area is 191 Å². The number of amides is 1. The molecule has 2 heterocycles. The molecule has 1 N–H and O–H groups in total. The predicted molar refractivity (Wildman–Crippen MR) is 117 cm³/mol. The van der Waals surface area contributed by atoms with E-state index in [1.807, 2.05) is 0 Å². The van der Waals surface area contributed by atoms with E-state index < -0.39 is 23.3 Å². The Hall–Kier alpha value is -3.41. The SMILES string of the molecule is O=C(Nc1ncc(C2CCCC2)cc1F)c1cc([N+](=O)[O-])ccc1Sc1nncn1CCF. The number of aromatic nitrogens is 4. The summed E-state index contributed by atoms with van der Waals surface area (Å²) in [6.45, 7) is -0.618. The van der Waals surface area contributed by atoms with E-state index in [2.05, 4.69) is 20.5 Å². The Kier molecular flexibility index (Phi) is 6.92. The zero-order valence-electron chi connectivity index (χ0n) is 17.4. The van der Waals surface area contributed by atoms with Crippen LogP contribution in [0.1, 0.15) is 47.5 Å². The van der Waals surface area contributed by atoms with Gasteiger partial charge in [-0.05, 0) is 48.2 Å². The van der Waals surface area contributed by atoms with Gasteiger partial charge in [-0.15, -0.1) is 10.2 Å². The van der Waals surface area contributed by atoms with Gasteiger partial charge >= 0.3 is 0 Å². The van der Waals surface area contributed by atoms with E-state index in [9.17, 15) is 23.7 Å². The van der Waals surface area contributed by atoms with Crippen molar-refractivity contribution < 1.29 is 18.5 Å². The van der Waals surface area contributed by atoms with Crippen LogP contribution in [-0.4, -0.2) is 37.3 Å². The summed E-state index contributed by atoms with van der Waals surface area (Å²) < 4.78 is 28.9. The number of pyridine rings is 1. The molecule has 1 aliphatic carbocycles. The van der Waals surface area contributed by atoms with Gasteiger partial charge in [-0.3, -0.25) is 14.9 Å². The molecule has 12 heteroatoms. The van der Waals surface area contributed by atoms with E-state index in [0.29, 0.717) is 10.1 Å². The van der Waals surface area contributed by atoms with E-state index in [1.165, 1.54) is 29.1 Å². The number of nitrogens with zero attached hydrogens (tertiary/aromatic N) is 5. The first-order valence-corrected chi connectivity index (χ1v) is 11.1. The monoisotopic (exact) mass is 474 g/mol. The number of halogens is 2. The zero-order valence-corrected chi connectivity index (χ0v) is 18.2. The Bertz CT molecular complexity index is 1180. The van der Waals surface area contributed by atoms with Crippen LogP contribution in [0.15, 0.2) is 46.8 Å². The number of nitro groups is 1. The first-order valence-electron chi connectivity index (χ1n) is 10.3. The van der Waals surface area contributed by atoms with Gasteiger partial charge in [0.2, 0.25) is 0 Å². The van der Waals surface area contributed by atoms with Crippen molar-refractivity contribution in [2.75, 3.05) is 12.0 Å². The largest absolute Gasteiger partial charge is 0.306 e. The first kappa shape index (κ1) is 22.8. The van der Waals surface area contributed by atoms with Gasteiger partial charge in [-0.2, -0.15) is 0 Å². The average Bonchev–Trinajstić information content (AvgIpc) is 3.48. The Morgan fingerprint density at radius 2 is 2.09 bits per heavy atom. The highest BCUT2D eigenvalue weighted by Crippen LogP contribution is 2.35. The number of anilines is 1. The number of nitrogens with one attached hydrogen (secondary N) is 1. The summed E-state index contributed by atoms with van der Waals surface area (Å²) in [7, 11) is 0. The lowest BCUT2D eigenvalue weighted by atomic mass is 9.99. The molecule has 4 rings (SSSR count). The van der Waals surface area contributed by atoms with Crippen molar-refractivity contribution in [2.45, 2.75) is 48.2 Å². The second kappa shape index (κ2) is 10.0. The lowest BCUT2D eigenvalue weighted by Crippen LogP contribution is -2.16. The molecule has 0 atom stereocenters. The molecular formula is C21H20F2N6O3S. The molecule has 3 aromatic rings. The third-order valence-electron chi connectivity index (χ3n) is 5.45. The lowest BCUT2D eigenvalue weighted by Gasteiger charge is -2.13. The Morgan fingerprint density at radius 3 is 2.79 bits per heavy atom. The Balaban J connectivity index is 1.61. The zero-order chi connectivity index (χ0) is 23.4. The fraction of sp³-hybridized carbons (Fsp3) is 0.333. The number of alkyl halides is 1. The number of aryl methyl sites for hydroxylation is 1. The van der Waals surface area contributed by atoms with Crippen molar-refractivity contribution >= 4 is 29.2 Å². The molecule has 1 amide bonds. The standard InChI is InChI=1S/C21H20F2N6O3S/c22-7-8-28-12-25-27-21(28)33-18-6-5-15(29(31)32)10-16(18)20(30)26-19-17(23)9-14(11-24-19)13-3-1-2-4-13/h5-6,9-13H,1-4,7-8H2,(H,24,26,30). The molecule has 1 saturated carbocycles. The molecule has 0 unspecified atom stereocenters. The van der Waals surface area contributed by atoms with Gasteiger partial charge in [0.25, 0.3) is 11.6 Å². The fourth-order valence-corrected chi connectivity index (χ4v) is 4.70. The summed E-state index contributed by atoms with van der Waals surface area (Å²) in [6.07, 6.45) is 7.05. The van der Waals surface area contributed by atoms with Crippen LogP contribution in [0.25, 0.3) is 0 Å². The van der Waals surface area contributed by atoms with Crippen molar-refractivity contribution in [3.05, 3.63) is 63.8 Å². The number of hydrogen-bond acceptors (Lipinski definition) is 7. The number of carbonyl (C=O) groups excluding carboxylic acids is 1. The van der Waals surface area contributed by atoms with E-state index in [-0.39, 0.29) is 29.5 Å². The van der Waals surface area contributed by atoms with E-state index in [0.717, 1.165) is 49.1 Å². The van der Waals surface area contributed by atoms with Gasteiger partial charge in [-0.25, -0.2) is 13.8 Å². The molecular weight excluding hydrogens is 454 g/mol. The van der Waals surface area contributed by atoms with Crippen LogP contribution < -0.4 is 5.32 Å². The van der Waals surface area contributed by atoms with Crippen LogP contribution in [0.3, 0.4) is 0 Å². The van der Waals surface area contributed by atoms with E-state index in [4.69, 9.17) is 0 Å². The maximum atomic E-state index is 14.7. The molecule has 0 saturated heterocycles. The van der Waals surface area contributed by atoms with Crippen LogP contribution in [0.4, 0.5) is 20.3 Å². The molecule has 2 aromatic heterocycles. The highest BCUT2D eigenvalue weighted by atomic mass is 32.2. The second-order valence-corrected chi connectivity index (χ2v) is 8.58. The normalized spacial score (nSPS) is 13.9. The molecule has 0 aliphatic heterocycles. The van der Waals surface area contributed by atoms with Gasteiger partial charge in [-0.1, -0.05) is 12.8 Å². The Morgan fingerprint density at radius 1 is 1.30 bits per heavy atom. The maximum Gasteiger partial charge on any atom is 0.270 e. The fourth-order valence-electron chi connectivity index (χ4n) is 3.77. The molecule has 0 bridgehead atoms. The number of benzene rings is 1. The summed E-state index contributed by atoms with van der Waals surface area (Å²) in [6, 6.07) is 5.10. The molecule has 1 aromatic carbocycles. The van der Waals surface area contributed by atoms with Crippen molar-refractivity contribution in [1.29, 1.82) is 0 Å². The predicted octanol–water partition coefficient (Wildman–Crippen LogP) is 4.75. The first-order chi connectivity index (χ1) is 16.0. The van der Waals surface area contributed by atoms with Crippen molar-refractivity contribution in [2.24, 2.45) is 0 Å². The lowest BCUT2D eigenvalue weighted by molar-refractivity contribution is -0.384. The minimum Gasteiger partial charge on any atom is -0.306 e. The number of nitro benzene ring substituents is 1. The van der Waals surface area contributed by atoms with Gasteiger partial charge < -0.3 is 9.88 Å². The highest BCUT2D eigenvalue weighted by Gasteiger charge is 2.22. The summed E-state index contributed by atoms with van der Waals surface area (Å²) in [5, 5.41) is 21.6. The van der Waals surface area contributed by atoms with Crippen LogP contribution in [0.5, 0.6) is 0 Å². The molecule has 172 valence electrons. The third kappa shape index (κ3) is 5.16. The number of rotatable bonds is 8. The van der Waals surface area contributed by atoms with Gasteiger partial charge in [0.05, 0.1) is 17.0 Å². The van der Waals surface area contributed by atoms with Crippen LogP contribution in [0.2, 0.25) is 0 Å². The summed E-state index contributed by atoms with van der Waals surface area (Å²) in [4.78, 5) is 28.0. The summed E-state index contributed by atoms with van der Waals surface area (Å²) in [5.74, 6) is -1.43. The van der Waals surface area contributed by atoms with Gasteiger partial charge in [0, 0.05) is 23.2 Å². The number of hydrogen-bond donors (Lipinski definition) is 1. The average molecular weight is 474 g/mol. The third-order valence-corrected chi connectivity index (χ3v) is 6.52. The van der Waals surface area contributed by atoms with Crippen molar-refractivity contribution in [3.8, 4) is 0 Å². The van der Waals surface area contributed by atoms with E-state index >= 15 is 0 Å². The summed E-state index contributed by atoms with van der Waals surface area (Å²) >= 11 is 0.995. The van der Waals surface area contributed by atoms with Crippen LogP contribution in [-0.2, 0) is 6.54 Å². The van der Waals surface area contributed by atoms with Crippen LogP contribution >= 0.6 is 11.8 Å². The molecule has 9 nitrogen and oxygen atoms in total. The molecule has 33 heavy (non-hydrogen) atoms. The molecule has 1 aliphatic rings.